The summed E-state index contributed by atoms with van der Waals surface area (Å²) in [6.45, 7) is 2.19. The molecule has 1 aromatic heterocycles. The van der Waals surface area contributed by atoms with Gasteiger partial charge in [0.25, 0.3) is 0 Å². The van der Waals surface area contributed by atoms with Crippen molar-refractivity contribution in [2.45, 2.75) is 6.92 Å². The number of hydrogen-bond donors (Lipinski definition) is 0. The van der Waals surface area contributed by atoms with Gasteiger partial charge < -0.3 is 4.57 Å². The molecule has 251 valence electrons. The van der Waals surface area contributed by atoms with Crippen molar-refractivity contribution in [2.24, 2.45) is 0 Å². The van der Waals surface area contributed by atoms with Crippen LogP contribution in [0.5, 0.6) is 0 Å². The van der Waals surface area contributed by atoms with Crippen molar-refractivity contribution < 1.29 is 164 Å². The van der Waals surface area contributed by atoms with Gasteiger partial charge in [0.05, 0.1) is 11.0 Å². The largest absolute Gasteiger partial charge is 0.309 e. The van der Waals surface area contributed by atoms with Crippen LogP contribution in [0.3, 0.4) is 0 Å². The van der Waals surface area contributed by atoms with Gasteiger partial charge in [-0.1, -0.05) is 83.9 Å². The Bertz CT molecular complexity index is 2650. The van der Waals surface area contributed by atoms with E-state index in [4.69, 9.17) is 0 Å². The van der Waals surface area contributed by atoms with Gasteiger partial charge in [-0.3, -0.25) is 0 Å². The maximum absolute atomic E-state index is 3.56. The van der Waals surface area contributed by atoms with Crippen molar-refractivity contribution in [1.29, 1.82) is 0 Å². The second kappa shape index (κ2) is 21.4. The SMILES string of the molecule is Cc1ccccc1-n1c2cc(-c3c[c-]c(-c4[c-]cccc4)cc3)ccc2c2ccc(-c3ccc[c-]c3-c3[c-]ccc(-c4ccccc4)c3)cc21.[Y].[Y].[Y].[Y].[Y]. The summed E-state index contributed by atoms with van der Waals surface area (Å²) in [6.07, 6.45) is 0. The third-order valence-corrected chi connectivity index (χ3v) is 9.61. The standard InChI is InChI=1S/C49H31N.5Y/c1-34-13-8-11-22-47(34)50-48-32-40(38-25-23-37(24-26-38)35-14-4-2-5-15-35)27-29-45(48)46-30-28-42(33-49(46)50)44-21-10-9-20-43(44)41-19-12-18-39(31-41)36-16-6-3-7-17-36;;;;;/h2-14,16-18,21-23,25-33H,1H3;;;;;/q-4;;;;;. The Morgan fingerprint density at radius 3 is 1.73 bits per heavy atom. The molecule has 0 unspecified atom stereocenters. The van der Waals surface area contributed by atoms with Crippen molar-refractivity contribution >= 4 is 21.8 Å². The molecule has 9 aromatic rings. The fourth-order valence-corrected chi connectivity index (χ4v) is 7.09. The van der Waals surface area contributed by atoms with Crippen LogP contribution in [-0.2, 0) is 164 Å². The maximum atomic E-state index is 3.56. The van der Waals surface area contributed by atoms with E-state index < -0.39 is 0 Å². The molecule has 0 saturated carbocycles. The molecule has 0 aliphatic carbocycles. The molecule has 1 heterocycles. The van der Waals surface area contributed by atoms with Crippen molar-refractivity contribution in [3.8, 4) is 61.3 Å². The third kappa shape index (κ3) is 9.77. The summed E-state index contributed by atoms with van der Waals surface area (Å²) in [5.41, 5.74) is 15.8. The second-order valence-electron chi connectivity index (χ2n) is 12.7. The fourth-order valence-electron chi connectivity index (χ4n) is 7.09. The van der Waals surface area contributed by atoms with E-state index in [1.165, 1.54) is 44.2 Å². The van der Waals surface area contributed by atoms with E-state index in [0.29, 0.717) is 0 Å². The van der Waals surface area contributed by atoms with Crippen LogP contribution < -0.4 is 0 Å². The number of rotatable bonds is 6. The Labute approximate surface area is 450 Å². The molecule has 0 amide bonds. The summed E-state index contributed by atoms with van der Waals surface area (Å²) in [6, 6.07) is 73.8. The first kappa shape index (κ1) is 46.8. The predicted octanol–water partition coefficient (Wildman–Crippen LogP) is 12.6. The Hall–Kier alpha value is -0.921. The van der Waals surface area contributed by atoms with E-state index in [9.17, 15) is 0 Å². The smallest absolute Gasteiger partial charge is 0.0539 e. The number of benzene rings is 8. The van der Waals surface area contributed by atoms with E-state index in [2.05, 4.69) is 175 Å². The van der Waals surface area contributed by atoms with Crippen LogP contribution in [0.15, 0.2) is 170 Å². The third-order valence-electron chi connectivity index (χ3n) is 9.61. The summed E-state index contributed by atoms with van der Waals surface area (Å²) in [5.74, 6) is 0. The summed E-state index contributed by atoms with van der Waals surface area (Å²) in [4.78, 5) is 0. The van der Waals surface area contributed by atoms with Gasteiger partial charge in [0.15, 0.2) is 0 Å². The van der Waals surface area contributed by atoms with Crippen LogP contribution in [0.1, 0.15) is 5.56 Å². The van der Waals surface area contributed by atoms with Gasteiger partial charge in [-0.05, 0) is 36.2 Å². The summed E-state index contributed by atoms with van der Waals surface area (Å²) in [7, 11) is 0. The van der Waals surface area contributed by atoms with Gasteiger partial charge in [-0.2, -0.15) is 66.7 Å². The first-order valence-corrected chi connectivity index (χ1v) is 16.9. The van der Waals surface area contributed by atoms with Gasteiger partial charge in [0.2, 0.25) is 0 Å². The molecule has 0 spiro atoms. The van der Waals surface area contributed by atoms with Crippen molar-refractivity contribution in [2.75, 3.05) is 0 Å². The Morgan fingerprint density at radius 2 is 1.02 bits per heavy atom. The fraction of sp³-hybridized carbons (Fsp3) is 0.0204. The second-order valence-corrected chi connectivity index (χ2v) is 12.7. The van der Waals surface area contributed by atoms with Gasteiger partial charge >= 0.3 is 0 Å². The van der Waals surface area contributed by atoms with E-state index in [1.807, 2.05) is 30.3 Å². The minimum Gasteiger partial charge on any atom is -0.309 e. The molecule has 8 aromatic carbocycles. The number of aryl methyl sites for hydroxylation is 1. The van der Waals surface area contributed by atoms with Crippen LogP contribution in [0, 0.1) is 31.2 Å². The summed E-state index contributed by atoms with van der Waals surface area (Å²) < 4.78 is 2.43. The van der Waals surface area contributed by atoms with E-state index in [-0.39, 0.29) is 164 Å². The molecule has 0 atom stereocenters. The molecule has 1 nitrogen and oxygen atoms in total. The average molecular weight is 1080 g/mol. The van der Waals surface area contributed by atoms with Crippen molar-refractivity contribution in [1.82, 2.24) is 4.57 Å². The average Bonchev–Trinajstić information content (AvgIpc) is 3.51. The zero-order valence-corrected chi connectivity index (χ0v) is 44.7. The molecule has 6 heteroatoms. The number of hydrogen-bond acceptors (Lipinski definition) is 0. The van der Waals surface area contributed by atoms with E-state index in [0.717, 1.165) is 44.5 Å². The number of aromatic nitrogens is 1. The first-order chi connectivity index (χ1) is 24.7. The zero-order chi connectivity index (χ0) is 33.4. The number of nitrogens with zero attached hydrogens (tertiary/aromatic N) is 1. The molecule has 5 radical (unpaired) electrons. The molecule has 0 aliphatic heterocycles. The maximum Gasteiger partial charge on any atom is 0.0539 e. The molecular weight excluding hydrogens is 1050 g/mol. The monoisotopic (exact) mass is 1080 g/mol. The van der Waals surface area contributed by atoms with Crippen LogP contribution in [0.25, 0.3) is 83.1 Å². The Morgan fingerprint density at radius 1 is 0.400 bits per heavy atom. The topological polar surface area (TPSA) is 4.93 Å². The minimum atomic E-state index is 0. The first-order valence-electron chi connectivity index (χ1n) is 16.9. The van der Waals surface area contributed by atoms with Crippen LogP contribution >= 0.6 is 0 Å². The molecule has 0 fully saturated rings. The van der Waals surface area contributed by atoms with Gasteiger partial charge in [-0.25, -0.2) is 22.3 Å². The number of para-hydroxylation sites is 1. The molecule has 0 aliphatic rings. The quantitative estimate of drug-likeness (QED) is 0.146. The molecule has 9 rings (SSSR count). The normalized spacial score (nSPS) is 10.3. The molecular formula is C49H31NY5-4. The summed E-state index contributed by atoms with van der Waals surface area (Å²) in [5, 5.41) is 2.45. The van der Waals surface area contributed by atoms with Gasteiger partial charge in [0.1, 0.15) is 0 Å². The Balaban J connectivity index is 0.00000135. The van der Waals surface area contributed by atoms with Gasteiger partial charge in [-0.15, -0.1) is 53.1 Å². The van der Waals surface area contributed by atoms with Crippen molar-refractivity contribution in [3.63, 3.8) is 0 Å². The molecule has 0 N–H and O–H groups in total. The number of fused-ring (bicyclic) bond motifs is 3. The van der Waals surface area contributed by atoms with Crippen molar-refractivity contribution in [3.05, 3.63) is 200 Å². The Kier molecular flexibility index (Phi) is 18.2. The van der Waals surface area contributed by atoms with Crippen LogP contribution in [0.2, 0.25) is 0 Å². The summed E-state index contributed by atoms with van der Waals surface area (Å²) >= 11 is 0. The minimum absolute atomic E-state index is 0. The zero-order valence-electron chi connectivity index (χ0n) is 30.5. The molecule has 55 heavy (non-hydrogen) atoms. The van der Waals surface area contributed by atoms with E-state index in [1.54, 1.807) is 0 Å². The predicted molar refractivity (Wildman–Crippen MR) is 208 cm³/mol. The van der Waals surface area contributed by atoms with Crippen LogP contribution in [-0.4, -0.2) is 4.57 Å². The molecule has 0 bridgehead atoms. The van der Waals surface area contributed by atoms with Crippen LogP contribution in [0.4, 0.5) is 0 Å². The van der Waals surface area contributed by atoms with Gasteiger partial charge in [0, 0.05) is 180 Å². The molecule has 0 saturated heterocycles. The van der Waals surface area contributed by atoms with E-state index >= 15 is 0 Å².